The van der Waals surface area contributed by atoms with Gasteiger partial charge in [-0.3, -0.25) is 72.3 Å². The number of amides is 13. The maximum atomic E-state index is 14.1. The molecule has 2 aromatic carbocycles. The maximum absolute atomic E-state index is 14.1. The van der Waals surface area contributed by atoms with Gasteiger partial charge in [0.1, 0.15) is 60.1 Å². The van der Waals surface area contributed by atoms with Crippen molar-refractivity contribution in [2.45, 2.75) is 165 Å². The number of rotatable bonds is 47. The highest BCUT2D eigenvalue weighted by Gasteiger charge is 2.34. The van der Waals surface area contributed by atoms with E-state index in [9.17, 15) is 72.5 Å². The van der Waals surface area contributed by atoms with Crippen LogP contribution in [0.25, 0.3) is 0 Å². The summed E-state index contributed by atoms with van der Waals surface area (Å²) in [6.07, 6.45) is 1.90. The second-order valence-electron chi connectivity index (χ2n) is 22.8. The van der Waals surface area contributed by atoms with Crippen LogP contribution in [0.3, 0.4) is 0 Å². The van der Waals surface area contributed by atoms with Crippen LogP contribution >= 0.6 is 0 Å². The molecule has 0 aromatic heterocycles. The summed E-state index contributed by atoms with van der Waals surface area (Å²) in [5.41, 5.74) is 45.9. The molecular weight excluding hydrogens is 1280 g/mol. The van der Waals surface area contributed by atoms with Gasteiger partial charge in [0.05, 0.1) is 32.3 Å². The predicted molar refractivity (Wildman–Crippen MR) is 360 cm³/mol. The van der Waals surface area contributed by atoms with E-state index in [-0.39, 0.29) is 102 Å². The minimum Gasteiger partial charge on any atom is -0.508 e. The molecule has 544 valence electrons. The van der Waals surface area contributed by atoms with Gasteiger partial charge in [-0.25, -0.2) is 0 Å². The zero-order valence-electron chi connectivity index (χ0n) is 55.5. The number of aliphatic hydroxyl groups excluding tert-OH is 1. The number of guanidine groups is 2. The molecule has 37 nitrogen and oxygen atoms in total. The molecule has 0 fully saturated rings. The van der Waals surface area contributed by atoms with Gasteiger partial charge in [0.2, 0.25) is 76.8 Å². The number of aliphatic imine (C=N–C) groups is 2. The third kappa shape index (κ3) is 33.9. The minimum atomic E-state index is -1.72. The van der Waals surface area contributed by atoms with E-state index in [1.54, 1.807) is 49.4 Å². The fraction of sp³-hybridized carbons (Fsp3) is 0.557. The Bertz CT molecular complexity index is 3010. The number of unbranched alkanes of at least 4 members (excludes halogenated alkanes) is 2. The topological polar surface area (TPSA) is 640 Å². The first-order valence-corrected chi connectivity index (χ1v) is 32.0. The van der Waals surface area contributed by atoms with E-state index in [2.05, 4.69) is 73.8 Å². The lowest BCUT2D eigenvalue weighted by atomic mass is 10.0. The average Bonchev–Trinajstić information content (AvgIpc) is 1.25. The van der Waals surface area contributed by atoms with Crippen LogP contribution in [0.2, 0.25) is 0 Å². The average molecular weight is 1380 g/mol. The van der Waals surface area contributed by atoms with Gasteiger partial charge in [0.15, 0.2) is 11.9 Å². The van der Waals surface area contributed by atoms with Crippen LogP contribution < -0.4 is 110 Å². The number of aliphatic hydroxyl groups is 1. The number of hydrogen-bond donors (Lipinski definition) is 22. The number of aromatic hydroxyl groups is 1. The summed E-state index contributed by atoms with van der Waals surface area (Å²) in [5.74, 6) is -11.5. The fourth-order valence-corrected chi connectivity index (χ4v) is 9.17. The highest BCUT2D eigenvalue weighted by molar-refractivity contribution is 5.99. The van der Waals surface area contributed by atoms with E-state index < -0.39 is 163 Å². The van der Waals surface area contributed by atoms with E-state index in [4.69, 9.17) is 45.9 Å². The van der Waals surface area contributed by atoms with Crippen LogP contribution in [-0.2, 0) is 75.2 Å². The van der Waals surface area contributed by atoms with Gasteiger partial charge in [0, 0.05) is 19.5 Å². The van der Waals surface area contributed by atoms with Crippen molar-refractivity contribution in [3.63, 3.8) is 0 Å². The van der Waals surface area contributed by atoms with Crippen LogP contribution in [0.15, 0.2) is 64.6 Å². The molecule has 0 saturated carbocycles. The lowest BCUT2D eigenvalue weighted by Crippen LogP contribution is -2.60. The third-order valence-electron chi connectivity index (χ3n) is 14.7. The Hall–Kier alpha value is -10.3. The smallest absolute Gasteiger partial charge is 0.245 e. The molecule has 0 saturated heterocycles. The second kappa shape index (κ2) is 46.0. The number of phenolic OH excluding ortho intramolecular Hbond substituents is 1. The largest absolute Gasteiger partial charge is 0.508 e. The molecule has 0 unspecified atom stereocenters. The van der Waals surface area contributed by atoms with Crippen LogP contribution in [0.1, 0.15) is 103 Å². The fourth-order valence-electron chi connectivity index (χ4n) is 9.17. The summed E-state index contributed by atoms with van der Waals surface area (Å²) in [5, 5.41) is 49.4. The molecule has 0 aliphatic heterocycles. The van der Waals surface area contributed by atoms with Gasteiger partial charge in [-0.05, 0) is 127 Å². The molecule has 0 spiro atoms. The van der Waals surface area contributed by atoms with Crippen LogP contribution in [-0.4, -0.2) is 212 Å². The van der Waals surface area contributed by atoms with Crippen LogP contribution in [0, 0.1) is 0 Å². The maximum Gasteiger partial charge on any atom is 0.245 e. The van der Waals surface area contributed by atoms with E-state index in [1.165, 1.54) is 26.0 Å². The van der Waals surface area contributed by atoms with Crippen molar-refractivity contribution in [3.8, 4) is 5.75 Å². The third-order valence-corrected chi connectivity index (χ3v) is 14.7. The summed E-state index contributed by atoms with van der Waals surface area (Å²) in [4.78, 5) is 181. The summed E-state index contributed by atoms with van der Waals surface area (Å²) in [6, 6.07) is 1.29. The molecule has 13 amide bonds. The van der Waals surface area contributed by atoms with Crippen LogP contribution in [0.4, 0.5) is 0 Å². The Morgan fingerprint density at radius 1 is 0.418 bits per heavy atom. The van der Waals surface area contributed by atoms with Crippen molar-refractivity contribution in [3.05, 3.63) is 65.7 Å². The van der Waals surface area contributed by atoms with E-state index in [0.717, 1.165) is 0 Å². The number of carbonyl (C=O) groups is 13. The van der Waals surface area contributed by atoms with Crippen molar-refractivity contribution in [1.82, 2.24) is 63.8 Å². The molecule has 2 rings (SSSR count). The standard InChI is InChI=1S/C61H100N22O15/c1-4-40(78-58(97)45(29-36-14-6-5-7-15-36)77-49(88)31-72-47(86)30-73-53(92)39(64)28-37-20-22-38(85)23-21-37)54(93)74-32-48(87)75-34(2)51(90)80-44(19-13-27-71-61(68)69)56(95)82-42(17-9-11-25-63)57(96)83-46(33-84)59(98)76-35(3)52(91)81-43(18-12-26-70-60(66)67)55(94)79-41(50(65)89)16-8-10-24-62/h5-7,14-15,20-23,34-35,39-46,84-85H,4,8-13,16-19,24-33,62-64H2,1-3H3,(H2,65,89)(H,72,86)(H,73,92)(H,74,93)(H,75,87)(H,76,98)(H,77,88)(H,78,97)(H,79,94)(H,80,90)(H,81,91)(H,82,95)(H,83,96)(H4,66,67,70)(H4,68,69,71)/t34-,35-,39-,40-,41-,42-,43-,44-,45-,46-/m0/s1. The SMILES string of the molecule is CC[C@H](NC(=O)[C@H](Cc1ccccc1)NC(=O)CNC(=O)CNC(=O)[C@@H](N)Cc1ccc(O)cc1)C(=O)NCC(=O)N[C@@H](C)C(=O)N[C@@H](CCCN=C(N)N)C(=O)N[C@@H](CCCCN)C(=O)N[C@@H](CO)C(=O)N[C@@H](C)C(=O)N[C@@H](CCCN=C(N)N)C(=O)N[C@@H](CCCCN)C(N)=O. The van der Waals surface area contributed by atoms with Crippen molar-refractivity contribution >= 4 is 88.7 Å². The number of nitrogens with zero attached hydrogens (tertiary/aromatic N) is 2. The number of primary amides is 1. The van der Waals surface area contributed by atoms with Gasteiger partial charge in [-0.15, -0.1) is 0 Å². The number of carbonyl (C=O) groups excluding carboxylic acids is 13. The number of nitrogens with two attached hydrogens (primary N) is 8. The quantitative estimate of drug-likeness (QED) is 0.0166. The monoisotopic (exact) mass is 1380 g/mol. The van der Waals surface area contributed by atoms with Crippen molar-refractivity contribution in [2.75, 3.05) is 52.4 Å². The second-order valence-corrected chi connectivity index (χ2v) is 22.8. The van der Waals surface area contributed by atoms with Gasteiger partial charge in [-0.1, -0.05) is 49.4 Å². The Labute approximate surface area is 567 Å². The van der Waals surface area contributed by atoms with E-state index in [0.29, 0.717) is 36.9 Å². The Balaban J connectivity index is 2.15. The molecule has 98 heavy (non-hydrogen) atoms. The number of hydrogen-bond acceptors (Lipinski definition) is 20. The highest BCUT2D eigenvalue weighted by atomic mass is 16.3. The lowest BCUT2D eigenvalue weighted by Gasteiger charge is -2.26. The van der Waals surface area contributed by atoms with Crippen LogP contribution in [0.5, 0.6) is 5.75 Å². The summed E-state index contributed by atoms with van der Waals surface area (Å²) in [6.45, 7) is 1.82. The molecule has 0 radical (unpaired) electrons. The number of benzene rings is 2. The van der Waals surface area contributed by atoms with E-state index >= 15 is 0 Å². The minimum absolute atomic E-state index is 0.000367. The molecule has 37 heteroatoms. The highest BCUT2D eigenvalue weighted by Crippen LogP contribution is 2.12. The molecule has 2 aromatic rings. The molecule has 0 aliphatic rings. The number of phenols is 1. The lowest BCUT2D eigenvalue weighted by molar-refractivity contribution is -0.136. The molecule has 0 aliphatic carbocycles. The Kier molecular flexibility index (Phi) is 39.3. The Morgan fingerprint density at radius 2 is 0.827 bits per heavy atom. The first kappa shape index (κ1) is 83.8. The van der Waals surface area contributed by atoms with Gasteiger partial charge in [-0.2, -0.15) is 0 Å². The van der Waals surface area contributed by atoms with Crippen molar-refractivity contribution < 1.29 is 72.5 Å². The summed E-state index contributed by atoms with van der Waals surface area (Å²) in [7, 11) is 0. The van der Waals surface area contributed by atoms with Gasteiger partial charge in [0.25, 0.3) is 0 Å². The van der Waals surface area contributed by atoms with Gasteiger partial charge < -0.3 is 120 Å². The first-order valence-electron chi connectivity index (χ1n) is 32.0. The van der Waals surface area contributed by atoms with E-state index in [1.807, 2.05) is 0 Å². The van der Waals surface area contributed by atoms with Crippen molar-refractivity contribution in [1.29, 1.82) is 0 Å². The first-order chi connectivity index (χ1) is 46.5. The zero-order chi connectivity index (χ0) is 73.3. The van der Waals surface area contributed by atoms with Gasteiger partial charge >= 0.3 is 0 Å². The molecule has 10 atom stereocenters. The molecular formula is C61H100N22O15. The summed E-state index contributed by atoms with van der Waals surface area (Å²) < 4.78 is 0. The Morgan fingerprint density at radius 3 is 1.33 bits per heavy atom. The normalized spacial score (nSPS) is 13.9. The molecule has 0 bridgehead atoms. The zero-order valence-corrected chi connectivity index (χ0v) is 55.5. The molecule has 0 heterocycles. The predicted octanol–water partition coefficient (Wildman–Crippen LogP) is -8.49. The number of nitrogens with one attached hydrogen (secondary N) is 12. The van der Waals surface area contributed by atoms with Crippen molar-refractivity contribution in [2.24, 2.45) is 55.9 Å². The summed E-state index contributed by atoms with van der Waals surface area (Å²) >= 11 is 0. The molecule has 30 N–H and O–H groups in total.